The first-order valence-corrected chi connectivity index (χ1v) is 7.81. The third-order valence-electron chi connectivity index (χ3n) is 4.77. The van der Waals surface area contributed by atoms with E-state index in [1.165, 1.54) is 12.8 Å². The third-order valence-corrected chi connectivity index (χ3v) is 4.77. The number of piperazine rings is 1. The number of amides is 2. The first-order valence-electron chi connectivity index (χ1n) is 7.81. The molecule has 1 N–H and O–H groups in total. The average Bonchev–Trinajstić information content (AvgIpc) is 3.08. The Bertz CT molecular complexity index is 407. The number of nitrogens with one attached hydrogen (secondary N) is 1. The van der Waals surface area contributed by atoms with E-state index in [1.807, 2.05) is 32.6 Å². The van der Waals surface area contributed by atoms with E-state index in [-0.39, 0.29) is 23.3 Å². The average molecular weight is 280 g/mol. The quantitative estimate of drug-likeness (QED) is 0.859. The topological polar surface area (TPSA) is 49.4 Å². The summed E-state index contributed by atoms with van der Waals surface area (Å²) in [6.45, 7) is 10.8. The Hall–Kier alpha value is -1.06. The summed E-state index contributed by atoms with van der Waals surface area (Å²) in [6, 6.07) is -0.737. The molecule has 20 heavy (non-hydrogen) atoms. The Morgan fingerprint density at radius 2 is 1.90 bits per heavy atom. The van der Waals surface area contributed by atoms with Gasteiger partial charge in [-0.15, -0.1) is 0 Å². The molecule has 1 saturated carbocycles. The lowest BCUT2D eigenvalue weighted by Gasteiger charge is -2.43. The van der Waals surface area contributed by atoms with Crippen LogP contribution in [0.25, 0.3) is 0 Å². The second-order valence-corrected chi connectivity index (χ2v) is 7.70. The van der Waals surface area contributed by atoms with Crippen LogP contribution in [0.15, 0.2) is 0 Å². The fourth-order valence-corrected chi connectivity index (χ4v) is 3.18. The van der Waals surface area contributed by atoms with Crippen molar-refractivity contribution in [1.82, 2.24) is 10.2 Å². The van der Waals surface area contributed by atoms with Crippen LogP contribution in [0.1, 0.15) is 60.3 Å². The predicted molar refractivity (Wildman–Crippen MR) is 79.1 cm³/mol. The Balaban J connectivity index is 2.17. The molecule has 0 radical (unpaired) electrons. The van der Waals surface area contributed by atoms with Gasteiger partial charge in [0.25, 0.3) is 0 Å². The Kier molecular flexibility index (Phi) is 3.87. The lowest BCUT2D eigenvalue weighted by Crippen LogP contribution is -2.66. The van der Waals surface area contributed by atoms with E-state index in [9.17, 15) is 9.59 Å². The molecule has 2 amide bonds. The second kappa shape index (κ2) is 5.05. The second-order valence-electron chi connectivity index (χ2n) is 7.70. The van der Waals surface area contributed by atoms with Crippen LogP contribution in [0.3, 0.4) is 0 Å². The molecule has 114 valence electrons. The van der Waals surface area contributed by atoms with Crippen LogP contribution >= 0.6 is 0 Å². The summed E-state index contributed by atoms with van der Waals surface area (Å²) in [7, 11) is 0. The molecule has 1 aliphatic carbocycles. The van der Waals surface area contributed by atoms with Crippen LogP contribution in [-0.2, 0) is 9.59 Å². The molecule has 0 spiro atoms. The normalized spacial score (nSPS) is 29.4. The van der Waals surface area contributed by atoms with Crippen molar-refractivity contribution in [3.63, 3.8) is 0 Å². The molecule has 2 aliphatic rings. The SMILES string of the molecule is CCCC1(CN2C(=O)C(C(C)(C)C)NC(=O)C2C)CC1. The highest BCUT2D eigenvalue weighted by atomic mass is 16.2. The number of nitrogens with zero attached hydrogens (tertiary/aromatic N) is 1. The summed E-state index contributed by atoms with van der Waals surface area (Å²) in [5, 5.41) is 2.89. The highest BCUT2D eigenvalue weighted by Crippen LogP contribution is 2.50. The molecule has 0 aromatic carbocycles. The summed E-state index contributed by atoms with van der Waals surface area (Å²) in [4.78, 5) is 26.7. The molecule has 4 nitrogen and oxygen atoms in total. The van der Waals surface area contributed by atoms with Gasteiger partial charge in [-0.3, -0.25) is 9.59 Å². The summed E-state index contributed by atoms with van der Waals surface area (Å²) in [5.74, 6) is 0.0730. The van der Waals surface area contributed by atoms with E-state index in [1.54, 1.807) is 0 Å². The zero-order chi connectivity index (χ0) is 15.1. The van der Waals surface area contributed by atoms with Gasteiger partial charge in [-0.1, -0.05) is 34.1 Å². The van der Waals surface area contributed by atoms with Gasteiger partial charge in [0.15, 0.2) is 0 Å². The summed E-state index contributed by atoms with van der Waals surface area (Å²) >= 11 is 0. The van der Waals surface area contributed by atoms with Gasteiger partial charge in [0.2, 0.25) is 11.8 Å². The molecule has 0 aromatic heterocycles. The minimum absolute atomic E-state index is 0.0168. The largest absolute Gasteiger partial charge is 0.342 e. The molecular weight excluding hydrogens is 252 g/mol. The minimum Gasteiger partial charge on any atom is -0.342 e. The van der Waals surface area contributed by atoms with Gasteiger partial charge in [-0.05, 0) is 37.0 Å². The molecule has 2 atom stereocenters. The Morgan fingerprint density at radius 1 is 1.30 bits per heavy atom. The van der Waals surface area contributed by atoms with Crippen molar-refractivity contribution >= 4 is 11.8 Å². The smallest absolute Gasteiger partial charge is 0.246 e. The van der Waals surface area contributed by atoms with Crippen molar-refractivity contribution in [1.29, 1.82) is 0 Å². The Morgan fingerprint density at radius 3 is 2.35 bits per heavy atom. The Labute approximate surface area is 122 Å². The molecule has 2 rings (SSSR count). The van der Waals surface area contributed by atoms with Gasteiger partial charge >= 0.3 is 0 Å². The molecule has 0 bridgehead atoms. The van der Waals surface area contributed by atoms with Crippen LogP contribution in [0, 0.1) is 10.8 Å². The highest BCUT2D eigenvalue weighted by molar-refractivity contribution is 5.97. The van der Waals surface area contributed by atoms with E-state index in [4.69, 9.17) is 0 Å². The lowest BCUT2D eigenvalue weighted by molar-refractivity contribution is -0.152. The molecule has 4 heteroatoms. The van der Waals surface area contributed by atoms with Crippen molar-refractivity contribution in [2.45, 2.75) is 72.4 Å². The summed E-state index contributed by atoms with van der Waals surface area (Å²) in [5.41, 5.74) is 0.0470. The summed E-state index contributed by atoms with van der Waals surface area (Å²) < 4.78 is 0. The van der Waals surface area contributed by atoms with Gasteiger partial charge in [0.1, 0.15) is 12.1 Å². The highest BCUT2D eigenvalue weighted by Gasteiger charge is 2.49. The monoisotopic (exact) mass is 280 g/mol. The molecular formula is C16H28N2O2. The fraction of sp³-hybridized carbons (Fsp3) is 0.875. The van der Waals surface area contributed by atoms with Crippen molar-refractivity contribution in [2.75, 3.05) is 6.54 Å². The molecule has 1 aliphatic heterocycles. The third kappa shape index (κ3) is 2.84. The van der Waals surface area contributed by atoms with Gasteiger partial charge in [-0.25, -0.2) is 0 Å². The first-order chi connectivity index (χ1) is 9.20. The molecule has 1 heterocycles. The lowest BCUT2D eigenvalue weighted by atomic mass is 9.83. The van der Waals surface area contributed by atoms with Crippen LogP contribution in [0.5, 0.6) is 0 Å². The molecule has 2 fully saturated rings. The van der Waals surface area contributed by atoms with Gasteiger partial charge in [-0.2, -0.15) is 0 Å². The maximum Gasteiger partial charge on any atom is 0.246 e. The number of hydrogen-bond acceptors (Lipinski definition) is 2. The van der Waals surface area contributed by atoms with Crippen LogP contribution in [-0.4, -0.2) is 35.3 Å². The van der Waals surface area contributed by atoms with Crippen molar-refractivity contribution in [3.05, 3.63) is 0 Å². The first kappa shape index (κ1) is 15.3. The number of carbonyl (C=O) groups is 2. The van der Waals surface area contributed by atoms with Gasteiger partial charge in [0, 0.05) is 6.54 Å². The van der Waals surface area contributed by atoms with Crippen LogP contribution < -0.4 is 5.32 Å². The van der Waals surface area contributed by atoms with Gasteiger partial charge in [0.05, 0.1) is 0 Å². The van der Waals surface area contributed by atoms with Crippen molar-refractivity contribution in [3.8, 4) is 0 Å². The van der Waals surface area contributed by atoms with Crippen molar-refractivity contribution in [2.24, 2.45) is 10.8 Å². The fourth-order valence-electron chi connectivity index (χ4n) is 3.18. The minimum atomic E-state index is -0.399. The molecule has 1 saturated heterocycles. The van der Waals surface area contributed by atoms with E-state index in [0.717, 1.165) is 19.4 Å². The van der Waals surface area contributed by atoms with Crippen molar-refractivity contribution < 1.29 is 9.59 Å². The van der Waals surface area contributed by atoms with Crippen LogP contribution in [0.2, 0.25) is 0 Å². The van der Waals surface area contributed by atoms with E-state index >= 15 is 0 Å². The maximum absolute atomic E-state index is 12.7. The predicted octanol–water partition coefficient (Wildman–Crippen LogP) is 2.33. The van der Waals surface area contributed by atoms with E-state index < -0.39 is 6.04 Å². The zero-order valence-electron chi connectivity index (χ0n) is 13.5. The number of carbonyl (C=O) groups excluding carboxylic acids is 2. The number of hydrogen-bond donors (Lipinski definition) is 1. The standard InChI is InChI=1S/C16H28N2O2/c1-6-7-16(8-9-16)10-18-11(2)13(19)17-12(14(18)20)15(3,4)5/h11-12H,6-10H2,1-5H3,(H,17,19). The maximum atomic E-state index is 12.7. The van der Waals surface area contributed by atoms with E-state index in [2.05, 4.69) is 12.2 Å². The molecule has 2 unspecified atom stereocenters. The van der Waals surface area contributed by atoms with Gasteiger partial charge < -0.3 is 10.2 Å². The van der Waals surface area contributed by atoms with Crippen LogP contribution in [0.4, 0.5) is 0 Å². The van der Waals surface area contributed by atoms with E-state index in [0.29, 0.717) is 5.41 Å². The summed E-state index contributed by atoms with van der Waals surface area (Å²) in [6.07, 6.45) is 4.69. The zero-order valence-corrected chi connectivity index (χ0v) is 13.5. The molecule has 0 aromatic rings. The number of rotatable bonds is 4.